The van der Waals surface area contributed by atoms with E-state index >= 15 is 0 Å². The quantitative estimate of drug-likeness (QED) is 0.865. The Labute approximate surface area is 129 Å². The van der Waals surface area contributed by atoms with Gasteiger partial charge in [0.25, 0.3) is 5.91 Å². The zero-order chi connectivity index (χ0) is 14.8. The third-order valence-corrected chi connectivity index (χ3v) is 4.31. The molecule has 1 unspecified atom stereocenters. The van der Waals surface area contributed by atoms with Gasteiger partial charge in [0, 0.05) is 30.6 Å². The average molecular weight is 299 g/mol. The fourth-order valence-electron chi connectivity index (χ4n) is 2.84. The van der Waals surface area contributed by atoms with Crippen LogP contribution >= 0.6 is 12.2 Å². The number of aromatic nitrogens is 1. The van der Waals surface area contributed by atoms with Gasteiger partial charge in [-0.25, -0.2) is 0 Å². The fourth-order valence-corrected chi connectivity index (χ4v) is 3.03. The van der Waals surface area contributed by atoms with E-state index in [0.29, 0.717) is 17.1 Å². The van der Waals surface area contributed by atoms with Gasteiger partial charge in [0.15, 0.2) is 0 Å². The molecule has 108 valence electrons. The fraction of sp³-hybridized carbons (Fsp3) is 0.312. The molecule has 1 aromatic carbocycles. The Morgan fingerprint density at radius 1 is 1.33 bits per heavy atom. The number of fused-ring (bicyclic) bond motifs is 1. The molecular formula is C16H17N3OS. The van der Waals surface area contributed by atoms with Crippen LogP contribution in [0.25, 0.3) is 10.9 Å². The number of hydrogen-bond acceptors (Lipinski definition) is 3. The molecule has 2 aromatic rings. The van der Waals surface area contributed by atoms with Gasteiger partial charge in [0.1, 0.15) is 0 Å². The summed E-state index contributed by atoms with van der Waals surface area (Å²) < 4.78 is 0. The van der Waals surface area contributed by atoms with Crippen molar-refractivity contribution in [3.63, 3.8) is 0 Å². The Morgan fingerprint density at radius 2 is 2.14 bits per heavy atom. The largest absolute Gasteiger partial charge is 0.393 e. The number of para-hydroxylation sites is 1. The first-order valence-electron chi connectivity index (χ1n) is 7.09. The lowest BCUT2D eigenvalue weighted by atomic mass is 9.97. The van der Waals surface area contributed by atoms with E-state index in [9.17, 15) is 4.79 Å². The Morgan fingerprint density at radius 3 is 2.95 bits per heavy atom. The number of carbonyl (C=O) groups is 1. The lowest BCUT2D eigenvalue weighted by Crippen LogP contribution is -2.43. The molecule has 4 nitrogen and oxygen atoms in total. The summed E-state index contributed by atoms with van der Waals surface area (Å²) in [4.78, 5) is 19.5. The van der Waals surface area contributed by atoms with E-state index in [4.69, 9.17) is 18.0 Å². The number of rotatable bonds is 2. The van der Waals surface area contributed by atoms with Crippen LogP contribution in [0.4, 0.5) is 0 Å². The normalized spacial score (nSPS) is 18.7. The highest BCUT2D eigenvalue weighted by atomic mass is 32.1. The molecule has 0 radical (unpaired) electrons. The van der Waals surface area contributed by atoms with E-state index in [0.717, 1.165) is 30.3 Å². The molecule has 0 spiro atoms. The third kappa shape index (κ3) is 2.74. The molecule has 1 amide bonds. The predicted molar refractivity (Wildman–Crippen MR) is 87.2 cm³/mol. The summed E-state index contributed by atoms with van der Waals surface area (Å²) >= 11 is 5.08. The summed E-state index contributed by atoms with van der Waals surface area (Å²) in [5.41, 5.74) is 7.14. The van der Waals surface area contributed by atoms with Gasteiger partial charge in [0.05, 0.1) is 16.1 Å². The van der Waals surface area contributed by atoms with Crippen LogP contribution in [0.3, 0.4) is 0 Å². The van der Waals surface area contributed by atoms with Gasteiger partial charge in [-0.3, -0.25) is 9.78 Å². The van der Waals surface area contributed by atoms with Crippen LogP contribution in [0.2, 0.25) is 0 Å². The number of piperidine rings is 1. The first-order chi connectivity index (χ1) is 10.2. The van der Waals surface area contributed by atoms with Crippen molar-refractivity contribution in [1.82, 2.24) is 9.88 Å². The van der Waals surface area contributed by atoms with Gasteiger partial charge in [0.2, 0.25) is 0 Å². The van der Waals surface area contributed by atoms with Crippen molar-refractivity contribution in [3.05, 3.63) is 42.1 Å². The van der Waals surface area contributed by atoms with E-state index in [-0.39, 0.29) is 11.8 Å². The second kappa shape index (κ2) is 5.77. The van der Waals surface area contributed by atoms with Gasteiger partial charge >= 0.3 is 0 Å². The first-order valence-corrected chi connectivity index (χ1v) is 7.50. The Bertz CT molecular complexity index is 695. The molecule has 2 N–H and O–H groups in total. The molecule has 3 rings (SSSR count). The van der Waals surface area contributed by atoms with E-state index in [1.54, 1.807) is 6.20 Å². The molecule has 21 heavy (non-hydrogen) atoms. The summed E-state index contributed by atoms with van der Waals surface area (Å²) in [6.07, 6.45) is 3.62. The molecule has 1 aromatic heterocycles. The number of nitrogens with zero attached hydrogens (tertiary/aromatic N) is 2. The predicted octanol–water partition coefficient (Wildman–Crippen LogP) is 2.37. The topological polar surface area (TPSA) is 59.2 Å². The maximum atomic E-state index is 12.8. The van der Waals surface area contributed by atoms with Crippen LogP contribution in [-0.2, 0) is 0 Å². The zero-order valence-corrected chi connectivity index (χ0v) is 12.5. The molecule has 1 aliphatic heterocycles. The van der Waals surface area contributed by atoms with Crippen molar-refractivity contribution in [2.24, 2.45) is 11.7 Å². The number of carbonyl (C=O) groups excluding carboxylic acids is 1. The molecule has 0 aliphatic carbocycles. The molecule has 1 aliphatic rings. The Kier molecular flexibility index (Phi) is 3.84. The van der Waals surface area contributed by atoms with Crippen LogP contribution in [0.5, 0.6) is 0 Å². The minimum Gasteiger partial charge on any atom is -0.393 e. The average Bonchev–Trinajstić information content (AvgIpc) is 2.53. The molecule has 5 heteroatoms. The van der Waals surface area contributed by atoms with E-state index in [2.05, 4.69) is 4.98 Å². The van der Waals surface area contributed by atoms with Crippen LogP contribution < -0.4 is 5.73 Å². The molecular weight excluding hydrogens is 282 g/mol. The summed E-state index contributed by atoms with van der Waals surface area (Å²) in [5.74, 6) is 0.140. The number of likely N-dealkylation sites (tertiary alicyclic amines) is 1. The van der Waals surface area contributed by atoms with E-state index in [1.807, 2.05) is 35.2 Å². The smallest absolute Gasteiger partial charge is 0.256 e. The van der Waals surface area contributed by atoms with Gasteiger partial charge in [-0.15, -0.1) is 0 Å². The Hall–Kier alpha value is -2.01. The van der Waals surface area contributed by atoms with Crippen LogP contribution in [0, 0.1) is 5.92 Å². The lowest BCUT2D eigenvalue weighted by molar-refractivity contribution is 0.0705. The number of pyridine rings is 1. The minimum atomic E-state index is 0.0141. The number of nitrogens with two attached hydrogens (primary N) is 1. The summed E-state index contributed by atoms with van der Waals surface area (Å²) in [7, 11) is 0. The van der Waals surface area contributed by atoms with Crippen molar-refractivity contribution in [1.29, 1.82) is 0 Å². The summed E-state index contributed by atoms with van der Waals surface area (Å²) in [6.45, 7) is 1.36. The van der Waals surface area contributed by atoms with Crippen LogP contribution in [0.15, 0.2) is 36.5 Å². The maximum Gasteiger partial charge on any atom is 0.256 e. The van der Waals surface area contributed by atoms with E-state index in [1.165, 1.54) is 0 Å². The first kappa shape index (κ1) is 13.9. The van der Waals surface area contributed by atoms with Crippen molar-refractivity contribution < 1.29 is 4.79 Å². The number of hydrogen-bond donors (Lipinski definition) is 1. The minimum absolute atomic E-state index is 0.0141. The SMILES string of the molecule is NC(=S)C1CCCN(C(=O)c2cccc3cccnc23)C1. The van der Waals surface area contributed by atoms with Crippen molar-refractivity contribution in [2.45, 2.75) is 12.8 Å². The molecule has 1 saturated heterocycles. The molecule has 2 heterocycles. The molecule has 1 fully saturated rings. The standard InChI is InChI=1S/C16H17N3OS/c17-15(21)12-6-3-9-19(10-12)16(20)13-7-1-4-11-5-2-8-18-14(11)13/h1-2,4-5,7-8,12H,3,6,9-10H2,(H2,17,21). The molecule has 0 saturated carbocycles. The van der Waals surface area contributed by atoms with Crippen LogP contribution in [0.1, 0.15) is 23.2 Å². The number of benzene rings is 1. The highest BCUT2D eigenvalue weighted by Gasteiger charge is 2.26. The Balaban J connectivity index is 1.92. The monoisotopic (exact) mass is 299 g/mol. The zero-order valence-electron chi connectivity index (χ0n) is 11.7. The van der Waals surface area contributed by atoms with Gasteiger partial charge < -0.3 is 10.6 Å². The maximum absolute atomic E-state index is 12.8. The van der Waals surface area contributed by atoms with Crippen LogP contribution in [-0.4, -0.2) is 33.9 Å². The number of amides is 1. The second-order valence-corrected chi connectivity index (χ2v) is 5.84. The number of thiocarbonyl (C=S) groups is 1. The molecule has 0 bridgehead atoms. The van der Waals surface area contributed by atoms with Crippen molar-refractivity contribution >= 4 is 34.0 Å². The highest BCUT2D eigenvalue weighted by molar-refractivity contribution is 7.80. The lowest BCUT2D eigenvalue weighted by Gasteiger charge is -2.32. The second-order valence-electron chi connectivity index (χ2n) is 5.37. The van der Waals surface area contributed by atoms with Gasteiger partial charge in [-0.2, -0.15) is 0 Å². The van der Waals surface area contributed by atoms with E-state index < -0.39 is 0 Å². The van der Waals surface area contributed by atoms with Gasteiger partial charge in [-0.05, 0) is 25.0 Å². The summed E-state index contributed by atoms with van der Waals surface area (Å²) in [6, 6.07) is 9.54. The molecule has 1 atom stereocenters. The van der Waals surface area contributed by atoms with Gasteiger partial charge in [-0.1, -0.05) is 30.4 Å². The highest BCUT2D eigenvalue weighted by Crippen LogP contribution is 2.22. The third-order valence-electron chi connectivity index (χ3n) is 3.97. The van der Waals surface area contributed by atoms with Crippen molar-refractivity contribution in [2.75, 3.05) is 13.1 Å². The van der Waals surface area contributed by atoms with Crippen molar-refractivity contribution in [3.8, 4) is 0 Å². The summed E-state index contributed by atoms with van der Waals surface area (Å²) in [5, 5.41) is 0.978.